The van der Waals surface area contributed by atoms with Gasteiger partial charge in [-0.05, 0) is 63.3 Å². The minimum atomic E-state index is -3.69. The first-order valence-corrected chi connectivity index (χ1v) is 14.7. The Morgan fingerprint density at radius 2 is 1.67 bits per heavy atom. The van der Waals surface area contributed by atoms with Crippen LogP contribution >= 0.6 is 0 Å². The number of amides is 2. The van der Waals surface area contributed by atoms with Crippen LogP contribution in [0.1, 0.15) is 61.3 Å². The molecule has 0 aromatic heterocycles. The van der Waals surface area contributed by atoms with Gasteiger partial charge in [0.1, 0.15) is 18.0 Å². The first kappa shape index (κ1) is 32.6. The van der Waals surface area contributed by atoms with Crippen molar-refractivity contribution in [1.82, 2.24) is 10.2 Å². The second-order valence-corrected chi connectivity index (χ2v) is 14.3. The van der Waals surface area contributed by atoms with E-state index in [-0.39, 0.29) is 41.5 Å². The second-order valence-electron chi connectivity index (χ2n) is 12.3. The van der Waals surface area contributed by atoms with Gasteiger partial charge in [0.05, 0.1) is 17.8 Å². The first-order valence-electron chi connectivity index (χ1n) is 13.0. The van der Waals surface area contributed by atoms with Gasteiger partial charge < -0.3 is 24.4 Å². The first-order chi connectivity index (χ1) is 17.9. The van der Waals surface area contributed by atoms with Crippen molar-refractivity contribution in [2.45, 2.75) is 71.8 Å². The van der Waals surface area contributed by atoms with Crippen LogP contribution < -0.4 is 10.1 Å². The molecule has 1 N–H and O–H groups in total. The van der Waals surface area contributed by atoms with E-state index in [1.807, 2.05) is 32.6 Å². The monoisotopic (exact) mass is 570 g/mol. The maximum absolute atomic E-state index is 13.2. The molecular formula is C28H43FN2O7S. The van der Waals surface area contributed by atoms with Crippen molar-refractivity contribution in [3.63, 3.8) is 0 Å². The van der Waals surface area contributed by atoms with Crippen LogP contribution in [0.2, 0.25) is 0 Å². The molecule has 1 aromatic carbocycles. The molecule has 220 valence electrons. The standard InChI is InChI=1S/C28H43FN2O7S/c1-26(2,3)24(32)31-14-12-28(7,13-15-31)19-36-20-39(34,35)23-10-8-22(9-11-23)37-18-21(16-29)17-30-25(33)38-27(4,5)6/h8-11,16H,12-15,17-20H2,1-7H3,(H,30,33)/b21-16+. The fourth-order valence-corrected chi connectivity index (χ4v) is 4.86. The van der Waals surface area contributed by atoms with Crippen LogP contribution in [0.3, 0.4) is 0 Å². The Kier molecular flexibility index (Phi) is 11.0. The maximum Gasteiger partial charge on any atom is 0.407 e. The molecule has 2 rings (SSSR count). The molecule has 1 aliphatic heterocycles. The number of hydrogen-bond donors (Lipinski definition) is 1. The summed E-state index contributed by atoms with van der Waals surface area (Å²) in [4.78, 5) is 26.2. The third kappa shape index (κ3) is 10.8. The Bertz CT molecular complexity index is 1110. The van der Waals surface area contributed by atoms with Gasteiger partial charge in [0.2, 0.25) is 15.7 Å². The molecule has 0 aliphatic carbocycles. The van der Waals surface area contributed by atoms with Gasteiger partial charge in [0.15, 0.2) is 5.94 Å². The largest absolute Gasteiger partial charge is 0.489 e. The summed E-state index contributed by atoms with van der Waals surface area (Å²) in [6.07, 6.45) is 1.15. The molecule has 0 radical (unpaired) electrons. The van der Waals surface area contributed by atoms with Gasteiger partial charge in [-0.15, -0.1) is 0 Å². The number of likely N-dealkylation sites (tertiary alicyclic amines) is 1. The highest BCUT2D eigenvalue weighted by Crippen LogP contribution is 2.33. The number of nitrogens with one attached hydrogen (secondary N) is 1. The van der Waals surface area contributed by atoms with Crippen LogP contribution in [0, 0.1) is 10.8 Å². The van der Waals surface area contributed by atoms with Gasteiger partial charge in [-0.3, -0.25) is 4.79 Å². The van der Waals surface area contributed by atoms with Crippen molar-refractivity contribution < 1.29 is 36.6 Å². The minimum absolute atomic E-state index is 0.0819. The summed E-state index contributed by atoms with van der Waals surface area (Å²) in [6, 6.07) is 5.77. The number of benzene rings is 1. The number of carbonyl (C=O) groups is 2. The minimum Gasteiger partial charge on any atom is -0.489 e. The van der Waals surface area contributed by atoms with Crippen LogP contribution in [0.15, 0.2) is 41.1 Å². The van der Waals surface area contributed by atoms with Crippen LogP contribution in [0.25, 0.3) is 0 Å². The number of nitrogens with zero attached hydrogens (tertiary/aromatic N) is 1. The van der Waals surface area contributed by atoms with Crippen molar-refractivity contribution in [1.29, 1.82) is 0 Å². The summed E-state index contributed by atoms with van der Waals surface area (Å²) in [5, 5.41) is 2.45. The summed E-state index contributed by atoms with van der Waals surface area (Å²) in [5.74, 6) is 0.00355. The quantitative estimate of drug-likeness (QED) is 0.427. The van der Waals surface area contributed by atoms with E-state index in [9.17, 15) is 22.4 Å². The summed E-state index contributed by atoms with van der Waals surface area (Å²) in [7, 11) is -3.69. The van der Waals surface area contributed by atoms with Crippen LogP contribution in [0.4, 0.5) is 9.18 Å². The highest BCUT2D eigenvalue weighted by Gasteiger charge is 2.35. The van der Waals surface area contributed by atoms with Crippen molar-refractivity contribution in [3.8, 4) is 5.75 Å². The van der Waals surface area contributed by atoms with E-state index in [1.54, 1.807) is 20.8 Å². The van der Waals surface area contributed by atoms with Gasteiger partial charge >= 0.3 is 6.09 Å². The number of sulfone groups is 1. The van der Waals surface area contributed by atoms with E-state index in [1.165, 1.54) is 24.3 Å². The topological polar surface area (TPSA) is 111 Å². The molecule has 1 heterocycles. The van der Waals surface area contributed by atoms with Crippen LogP contribution in [0.5, 0.6) is 5.75 Å². The predicted octanol–water partition coefficient (Wildman–Crippen LogP) is 4.87. The molecule has 11 heteroatoms. The van der Waals surface area contributed by atoms with Crippen molar-refractivity contribution in [3.05, 3.63) is 36.2 Å². The van der Waals surface area contributed by atoms with Crippen molar-refractivity contribution in [2.75, 3.05) is 38.8 Å². The summed E-state index contributed by atoms with van der Waals surface area (Å²) in [5.41, 5.74) is -1.13. The fraction of sp³-hybridized carbons (Fsp3) is 0.643. The van der Waals surface area contributed by atoms with Crippen LogP contribution in [-0.2, 0) is 24.1 Å². The predicted molar refractivity (Wildman–Crippen MR) is 147 cm³/mol. The van der Waals surface area contributed by atoms with Crippen molar-refractivity contribution in [2.24, 2.45) is 10.8 Å². The molecule has 0 spiro atoms. The van der Waals surface area contributed by atoms with E-state index < -0.39 is 32.9 Å². The normalized spacial score (nSPS) is 16.5. The highest BCUT2D eigenvalue weighted by molar-refractivity contribution is 7.91. The molecular weight excluding hydrogens is 527 g/mol. The van der Waals surface area contributed by atoms with Gasteiger partial charge in [0.25, 0.3) is 0 Å². The Balaban J connectivity index is 1.81. The maximum atomic E-state index is 13.2. The third-order valence-electron chi connectivity index (χ3n) is 6.21. The molecule has 1 fully saturated rings. The average Bonchev–Trinajstić information content (AvgIpc) is 2.82. The van der Waals surface area contributed by atoms with Crippen molar-refractivity contribution >= 4 is 21.8 Å². The van der Waals surface area contributed by atoms with E-state index in [0.717, 1.165) is 12.8 Å². The fourth-order valence-electron chi connectivity index (χ4n) is 3.87. The summed E-state index contributed by atoms with van der Waals surface area (Å²) < 4.78 is 55.0. The molecule has 1 aromatic rings. The zero-order valence-corrected chi connectivity index (χ0v) is 25.0. The lowest BCUT2D eigenvalue weighted by Crippen LogP contribution is -2.47. The molecule has 9 nitrogen and oxygen atoms in total. The molecule has 2 amide bonds. The van der Waals surface area contributed by atoms with Gasteiger partial charge in [-0.1, -0.05) is 27.7 Å². The van der Waals surface area contributed by atoms with Crippen LogP contribution in [-0.4, -0.2) is 69.7 Å². The lowest BCUT2D eigenvalue weighted by molar-refractivity contribution is -0.142. The molecule has 0 unspecified atom stereocenters. The van der Waals surface area contributed by atoms with E-state index in [4.69, 9.17) is 14.2 Å². The van der Waals surface area contributed by atoms with Gasteiger partial charge in [0, 0.05) is 30.6 Å². The zero-order valence-electron chi connectivity index (χ0n) is 24.1. The number of alkyl carbamates (subject to hydrolysis) is 1. The number of rotatable bonds is 10. The summed E-state index contributed by atoms with van der Waals surface area (Å²) >= 11 is 0. The van der Waals surface area contributed by atoms with Gasteiger partial charge in [-0.25, -0.2) is 17.6 Å². The number of halogens is 1. The number of ether oxygens (including phenoxy) is 3. The average molecular weight is 571 g/mol. The summed E-state index contributed by atoms with van der Waals surface area (Å²) in [6.45, 7) is 14.2. The molecule has 0 bridgehead atoms. The second kappa shape index (κ2) is 13.1. The Labute approximate surface area is 232 Å². The molecule has 1 saturated heterocycles. The van der Waals surface area contributed by atoms with E-state index in [2.05, 4.69) is 5.32 Å². The third-order valence-corrected chi connectivity index (χ3v) is 7.68. The Morgan fingerprint density at radius 1 is 1.08 bits per heavy atom. The molecule has 1 aliphatic rings. The van der Waals surface area contributed by atoms with E-state index in [0.29, 0.717) is 25.2 Å². The Hall–Kier alpha value is -2.66. The number of piperidine rings is 1. The lowest BCUT2D eigenvalue weighted by Gasteiger charge is -2.41. The highest BCUT2D eigenvalue weighted by atomic mass is 32.2. The smallest absolute Gasteiger partial charge is 0.407 e. The molecule has 0 saturated carbocycles. The lowest BCUT2D eigenvalue weighted by atomic mass is 9.80. The molecule has 0 atom stereocenters. The SMILES string of the molecule is CC1(COCS(=O)(=O)c2ccc(OC/C(=C/F)CNC(=O)OC(C)(C)C)cc2)CCN(C(=O)C(C)(C)C)CC1. The number of hydrogen-bond acceptors (Lipinski definition) is 7. The number of carbonyl (C=O) groups excluding carboxylic acids is 2. The molecule has 39 heavy (non-hydrogen) atoms. The zero-order chi connectivity index (χ0) is 29.5. The van der Waals surface area contributed by atoms with E-state index >= 15 is 0 Å². The Morgan fingerprint density at radius 3 is 2.18 bits per heavy atom. The van der Waals surface area contributed by atoms with Gasteiger partial charge in [-0.2, -0.15) is 0 Å².